The van der Waals surface area contributed by atoms with Crippen molar-refractivity contribution in [1.29, 1.82) is 0 Å². The molecule has 0 aliphatic carbocycles. The summed E-state index contributed by atoms with van der Waals surface area (Å²) in [5.74, 6) is 0. The summed E-state index contributed by atoms with van der Waals surface area (Å²) in [6.45, 7) is 0. The van der Waals surface area contributed by atoms with Crippen LogP contribution in [0, 0.1) is 0 Å². The van der Waals surface area contributed by atoms with Crippen molar-refractivity contribution in [3.05, 3.63) is 0 Å². The molecule has 0 bridgehead atoms. The fourth-order valence-corrected chi connectivity index (χ4v) is 0. The number of hydrogen-bond donors (Lipinski definition) is 4. The fraction of sp³-hybridized carbons (Fsp3) is 0. The summed E-state index contributed by atoms with van der Waals surface area (Å²) in [5.41, 5.74) is 0. The van der Waals surface area contributed by atoms with Crippen molar-refractivity contribution < 1.29 is 0 Å². The Balaban J connectivity index is 0. The minimum atomic E-state index is 0. The van der Waals surface area contributed by atoms with Crippen LogP contribution in [0.2, 0.25) is 0 Å². The van der Waals surface area contributed by atoms with Crippen LogP contribution in [0.3, 0.4) is 0 Å². The molecule has 10 heteroatoms. The van der Waals surface area contributed by atoms with Gasteiger partial charge < -0.3 is 24.6 Å². The maximum atomic E-state index is 0. The zero-order valence-corrected chi connectivity index (χ0v) is 2.83. The molecule has 4 nitrogen and oxygen atoms in total. The third-order valence-electron chi connectivity index (χ3n) is 0. The molecule has 0 spiro atoms. The van der Waals surface area contributed by atoms with E-state index < -0.39 is 0 Å². The summed E-state index contributed by atoms with van der Waals surface area (Å²) in [7, 11) is 0. The molecule has 0 aromatic heterocycles. The predicted octanol–water partition coefficient (Wildman–Crippen LogP) is -3.24. The molecule has 0 aliphatic heterocycles. The van der Waals surface area contributed by atoms with Crippen LogP contribution in [-0.2, 0) is 0 Å². The van der Waals surface area contributed by atoms with E-state index in [9.17, 15) is 0 Å². The predicted molar refractivity (Wildman–Crippen MR) is 63.0 cm³/mol. The van der Waals surface area contributed by atoms with E-state index in [0.29, 0.717) is 0 Å². The quantitative estimate of drug-likeness (QED) is 0.349. The Morgan fingerprint density at radius 2 is 0.200 bits per heavy atom. The number of hydrogen-bond acceptors (Lipinski definition) is 4. The van der Waals surface area contributed by atoms with Gasteiger partial charge in [-0.15, -0.1) is 0 Å². The molecule has 0 saturated carbocycles. The Kier molecular flexibility index (Phi) is 458. The van der Waals surface area contributed by atoms with Gasteiger partial charge in [0.1, 0.15) is 0 Å². The zero-order chi connectivity index (χ0) is 0. The Bertz CT molecular complexity index is 9.71. The zero-order valence-electron chi connectivity index (χ0n) is 2.83. The third kappa shape index (κ3) is 52.5. The van der Waals surface area contributed by atoms with Crippen molar-refractivity contribution in [2.75, 3.05) is 0 Å². The Hall–Kier alpha value is 9.66. The van der Waals surface area contributed by atoms with Gasteiger partial charge >= 0.3 is 308 Å². The number of rotatable bonds is 0. The molecule has 10 heavy (non-hydrogen) atoms. The van der Waals surface area contributed by atoms with Crippen LogP contribution >= 0.6 is 0 Å². The summed E-state index contributed by atoms with van der Waals surface area (Å²) < 4.78 is 0. The molecule has 0 radical (unpaired) electrons. The van der Waals surface area contributed by atoms with E-state index in [1.165, 1.54) is 0 Å². The van der Waals surface area contributed by atoms with Crippen LogP contribution in [0.5, 0.6) is 0 Å². The topological polar surface area (TPSA) is 140 Å². The second-order valence-electron chi connectivity index (χ2n) is 0. The van der Waals surface area contributed by atoms with E-state index >= 15 is 0 Å². The van der Waals surface area contributed by atoms with Crippen LogP contribution in [0.25, 0.3) is 0 Å². The summed E-state index contributed by atoms with van der Waals surface area (Å²) in [4.78, 5) is 0. The standard InChI is InChI=1S/6K.4H3N.6H/h;;;;;;4*1H3;;;;;;. The molecular weight excluding hydrogens is 291 g/mol. The van der Waals surface area contributed by atoms with Gasteiger partial charge in [0.05, 0.1) is 0 Å². The summed E-state index contributed by atoms with van der Waals surface area (Å²) in [5, 5.41) is 0. The van der Waals surface area contributed by atoms with Crippen molar-refractivity contribution in [2.24, 2.45) is 0 Å². The van der Waals surface area contributed by atoms with Crippen molar-refractivity contribution >= 4 is 308 Å². The molecule has 44 valence electrons. The van der Waals surface area contributed by atoms with Gasteiger partial charge in [-0.3, -0.25) is 0 Å². The Morgan fingerprint density at radius 3 is 0.200 bits per heavy atom. The van der Waals surface area contributed by atoms with Crippen molar-refractivity contribution in [3.63, 3.8) is 0 Å². The normalized spacial score (nSPS) is 0. The molecule has 0 amide bonds. The van der Waals surface area contributed by atoms with E-state index in [1.54, 1.807) is 0 Å². The van der Waals surface area contributed by atoms with Gasteiger partial charge in [0, 0.05) is 0 Å². The molecule has 0 atom stereocenters. The Morgan fingerprint density at radius 1 is 0.200 bits per heavy atom. The van der Waals surface area contributed by atoms with E-state index in [-0.39, 0.29) is 333 Å². The molecular formula is H18K6N4. The first-order chi connectivity index (χ1) is 0. The maximum absolute atomic E-state index is 0. The van der Waals surface area contributed by atoms with E-state index in [2.05, 4.69) is 0 Å². The summed E-state index contributed by atoms with van der Waals surface area (Å²) in [6.07, 6.45) is 0. The molecule has 0 aliphatic rings. The molecule has 0 aromatic carbocycles. The van der Waals surface area contributed by atoms with Gasteiger partial charge in [0.25, 0.3) is 0 Å². The first kappa shape index (κ1) is 73.4. The van der Waals surface area contributed by atoms with Gasteiger partial charge in [-0.2, -0.15) is 0 Å². The summed E-state index contributed by atoms with van der Waals surface area (Å²) in [6, 6.07) is 0. The van der Waals surface area contributed by atoms with E-state index in [1.807, 2.05) is 0 Å². The second-order valence-corrected chi connectivity index (χ2v) is 0. The van der Waals surface area contributed by atoms with Crippen LogP contribution in [0.15, 0.2) is 0 Å². The average Bonchev–Trinajstić information content (AvgIpc) is 0. The third-order valence-corrected chi connectivity index (χ3v) is 0. The molecule has 0 unspecified atom stereocenters. The molecule has 0 heterocycles. The van der Waals surface area contributed by atoms with Crippen LogP contribution in [0.4, 0.5) is 0 Å². The van der Waals surface area contributed by atoms with Crippen LogP contribution in [-0.4, -0.2) is 308 Å². The van der Waals surface area contributed by atoms with E-state index in [4.69, 9.17) is 0 Å². The van der Waals surface area contributed by atoms with Gasteiger partial charge in [0.15, 0.2) is 0 Å². The molecule has 0 saturated heterocycles. The molecule has 0 aromatic rings. The monoisotopic (exact) mass is 308 g/mol. The van der Waals surface area contributed by atoms with Crippen LogP contribution in [0.1, 0.15) is 0 Å². The molecule has 0 rings (SSSR count). The fourth-order valence-electron chi connectivity index (χ4n) is 0. The minimum absolute atomic E-state index is 0. The summed E-state index contributed by atoms with van der Waals surface area (Å²) >= 11 is 0. The second kappa shape index (κ2) is 62.4. The van der Waals surface area contributed by atoms with Gasteiger partial charge in [-0.25, -0.2) is 0 Å². The first-order valence-corrected chi connectivity index (χ1v) is 0. The van der Waals surface area contributed by atoms with Crippen LogP contribution < -0.4 is 24.6 Å². The molecule has 12 N–H and O–H groups in total. The average molecular weight is 309 g/mol. The van der Waals surface area contributed by atoms with Gasteiger partial charge in [0.2, 0.25) is 0 Å². The first-order valence-electron chi connectivity index (χ1n) is 0. The van der Waals surface area contributed by atoms with E-state index in [0.717, 1.165) is 0 Å². The van der Waals surface area contributed by atoms with Gasteiger partial charge in [-0.1, -0.05) is 0 Å². The Labute approximate surface area is 319 Å². The van der Waals surface area contributed by atoms with Crippen molar-refractivity contribution in [2.45, 2.75) is 0 Å². The SMILES string of the molecule is N.N.N.N.[KH].[KH].[KH].[KH].[KH].[KH]. The molecule has 0 fully saturated rings. The van der Waals surface area contributed by atoms with Gasteiger partial charge in [-0.05, 0) is 0 Å². The van der Waals surface area contributed by atoms with Crippen molar-refractivity contribution in [3.8, 4) is 0 Å². The van der Waals surface area contributed by atoms with Crippen molar-refractivity contribution in [1.82, 2.24) is 24.6 Å².